The Balaban J connectivity index is 2.32. The average molecular weight is 222 g/mol. The van der Waals surface area contributed by atoms with Gasteiger partial charge in [-0.15, -0.1) is 6.58 Å². The molecule has 0 aliphatic carbocycles. The minimum Gasteiger partial charge on any atom is -0.103 e. The molecule has 1 atom stereocenters. The van der Waals surface area contributed by atoms with Gasteiger partial charge in [-0.25, -0.2) is 0 Å². The predicted molar refractivity (Wildman–Crippen MR) is 77.0 cm³/mol. The summed E-state index contributed by atoms with van der Waals surface area (Å²) in [6, 6.07) is 14.9. The van der Waals surface area contributed by atoms with Gasteiger partial charge in [0.05, 0.1) is 0 Å². The molecule has 0 saturated carbocycles. The summed E-state index contributed by atoms with van der Waals surface area (Å²) >= 11 is 0. The molecule has 0 fully saturated rings. The molecule has 0 nitrogen and oxygen atoms in total. The van der Waals surface area contributed by atoms with E-state index in [-0.39, 0.29) is 0 Å². The molecule has 0 radical (unpaired) electrons. The zero-order valence-corrected chi connectivity index (χ0v) is 10.3. The van der Waals surface area contributed by atoms with Gasteiger partial charge in [0.1, 0.15) is 0 Å². The fourth-order valence-corrected chi connectivity index (χ4v) is 2.01. The second-order valence-electron chi connectivity index (χ2n) is 4.43. The summed E-state index contributed by atoms with van der Waals surface area (Å²) in [5, 5.41) is 2.61. The third kappa shape index (κ3) is 2.85. The maximum atomic E-state index is 3.77. The van der Waals surface area contributed by atoms with Crippen LogP contribution in [0, 0.1) is 5.92 Å². The molecule has 2 rings (SSSR count). The summed E-state index contributed by atoms with van der Waals surface area (Å²) < 4.78 is 0. The lowest BCUT2D eigenvalue weighted by atomic mass is 10.0. The van der Waals surface area contributed by atoms with Crippen LogP contribution in [0.15, 0.2) is 61.2 Å². The van der Waals surface area contributed by atoms with Gasteiger partial charge in [0, 0.05) is 0 Å². The Labute approximate surface area is 103 Å². The summed E-state index contributed by atoms with van der Waals surface area (Å²) in [6.07, 6.45) is 7.47. The van der Waals surface area contributed by atoms with Crippen molar-refractivity contribution in [2.75, 3.05) is 0 Å². The van der Waals surface area contributed by atoms with E-state index in [0.717, 1.165) is 6.42 Å². The lowest BCUT2D eigenvalue weighted by Gasteiger charge is -2.04. The molecular weight excluding hydrogens is 204 g/mol. The molecule has 0 aliphatic heterocycles. The number of rotatable bonds is 4. The van der Waals surface area contributed by atoms with Crippen molar-refractivity contribution < 1.29 is 0 Å². The third-order valence-electron chi connectivity index (χ3n) is 2.97. The van der Waals surface area contributed by atoms with E-state index in [0.29, 0.717) is 5.92 Å². The smallest absolute Gasteiger partial charge is 0.0112 e. The van der Waals surface area contributed by atoms with Gasteiger partial charge >= 0.3 is 0 Å². The molecule has 0 saturated heterocycles. The van der Waals surface area contributed by atoms with Crippen LogP contribution in [-0.2, 0) is 0 Å². The molecule has 86 valence electrons. The van der Waals surface area contributed by atoms with E-state index in [4.69, 9.17) is 0 Å². The maximum Gasteiger partial charge on any atom is -0.0112 e. The van der Waals surface area contributed by atoms with E-state index in [1.165, 1.54) is 16.3 Å². The van der Waals surface area contributed by atoms with Gasteiger partial charge in [0.2, 0.25) is 0 Å². The van der Waals surface area contributed by atoms with Crippen LogP contribution in [0.3, 0.4) is 0 Å². The summed E-state index contributed by atoms with van der Waals surface area (Å²) in [6.45, 7) is 5.98. The molecule has 0 bridgehead atoms. The fraction of sp³-hybridized carbons (Fsp3) is 0.176. The normalized spacial score (nSPS) is 13.0. The topological polar surface area (TPSA) is 0 Å². The largest absolute Gasteiger partial charge is 0.103 e. The monoisotopic (exact) mass is 222 g/mol. The van der Waals surface area contributed by atoms with Crippen LogP contribution < -0.4 is 0 Å². The van der Waals surface area contributed by atoms with E-state index in [2.05, 4.69) is 68.1 Å². The summed E-state index contributed by atoms with van der Waals surface area (Å²) in [5.41, 5.74) is 1.29. The van der Waals surface area contributed by atoms with Crippen LogP contribution in [0.1, 0.15) is 18.9 Å². The fourth-order valence-electron chi connectivity index (χ4n) is 2.01. The summed E-state index contributed by atoms with van der Waals surface area (Å²) in [7, 11) is 0. The minimum absolute atomic E-state index is 0.548. The first-order valence-electron chi connectivity index (χ1n) is 6.08. The number of fused-ring (bicyclic) bond motifs is 1. The number of allylic oxidation sites excluding steroid dienone is 2. The van der Waals surface area contributed by atoms with E-state index in [9.17, 15) is 0 Å². The second-order valence-corrected chi connectivity index (χ2v) is 4.43. The summed E-state index contributed by atoms with van der Waals surface area (Å²) in [4.78, 5) is 0. The number of benzene rings is 2. The highest BCUT2D eigenvalue weighted by molar-refractivity contribution is 5.90. The Hall–Kier alpha value is -1.82. The number of hydrogen-bond donors (Lipinski definition) is 0. The molecular formula is C17H18. The van der Waals surface area contributed by atoms with Crippen molar-refractivity contribution in [2.45, 2.75) is 13.3 Å². The standard InChI is InChI=1S/C17H18/c1-3-7-14(2)12-13-16-10-6-9-15-8-4-5-11-17(15)16/h3-6,8-14H,1,7H2,2H3. The molecule has 2 aromatic rings. The molecule has 0 N–H and O–H groups in total. The Morgan fingerprint density at radius 1 is 1.12 bits per heavy atom. The maximum absolute atomic E-state index is 3.77. The molecule has 0 aromatic heterocycles. The first-order chi connectivity index (χ1) is 8.31. The molecule has 0 aliphatic rings. The van der Waals surface area contributed by atoms with Crippen LogP contribution in [0.4, 0.5) is 0 Å². The van der Waals surface area contributed by atoms with Crippen LogP contribution in [0.2, 0.25) is 0 Å². The van der Waals surface area contributed by atoms with E-state index < -0.39 is 0 Å². The van der Waals surface area contributed by atoms with Crippen molar-refractivity contribution in [3.8, 4) is 0 Å². The average Bonchev–Trinajstić information content (AvgIpc) is 2.36. The molecule has 0 heteroatoms. The van der Waals surface area contributed by atoms with Gasteiger partial charge in [0.15, 0.2) is 0 Å². The van der Waals surface area contributed by atoms with Crippen molar-refractivity contribution in [3.63, 3.8) is 0 Å². The van der Waals surface area contributed by atoms with E-state index >= 15 is 0 Å². The quantitative estimate of drug-likeness (QED) is 0.634. The Bertz CT molecular complexity index is 529. The van der Waals surface area contributed by atoms with Gasteiger partial charge in [0.25, 0.3) is 0 Å². The van der Waals surface area contributed by atoms with Crippen LogP contribution in [0.5, 0.6) is 0 Å². The van der Waals surface area contributed by atoms with Gasteiger partial charge in [-0.05, 0) is 28.7 Å². The highest BCUT2D eigenvalue weighted by atomic mass is 14.0. The van der Waals surface area contributed by atoms with Gasteiger partial charge < -0.3 is 0 Å². The Kier molecular flexibility index (Phi) is 3.77. The zero-order chi connectivity index (χ0) is 12.1. The Morgan fingerprint density at radius 3 is 2.71 bits per heavy atom. The first kappa shape index (κ1) is 11.7. The van der Waals surface area contributed by atoms with Gasteiger partial charge in [-0.2, -0.15) is 0 Å². The molecule has 0 amide bonds. The van der Waals surface area contributed by atoms with Crippen LogP contribution >= 0.6 is 0 Å². The van der Waals surface area contributed by atoms with Crippen LogP contribution in [0.25, 0.3) is 16.8 Å². The summed E-state index contributed by atoms with van der Waals surface area (Å²) in [5.74, 6) is 0.548. The van der Waals surface area contributed by atoms with Gasteiger partial charge in [-0.3, -0.25) is 0 Å². The van der Waals surface area contributed by atoms with Crippen molar-refractivity contribution in [1.82, 2.24) is 0 Å². The highest BCUT2D eigenvalue weighted by Gasteiger charge is 1.97. The van der Waals surface area contributed by atoms with Crippen molar-refractivity contribution in [2.24, 2.45) is 5.92 Å². The molecule has 0 heterocycles. The lowest BCUT2D eigenvalue weighted by molar-refractivity contribution is 0.749. The lowest BCUT2D eigenvalue weighted by Crippen LogP contribution is -1.85. The first-order valence-corrected chi connectivity index (χ1v) is 6.08. The predicted octanol–water partition coefficient (Wildman–Crippen LogP) is 5.07. The molecule has 17 heavy (non-hydrogen) atoms. The van der Waals surface area contributed by atoms with E-state index in [1.54, 1.807) is 0 Å². The van der Waals surface area contributed by atoms with Gasteiger partial charge in [-0.1, -0.05) is 67.6 Å². The molecule has 0 spiro atoms. The third-order valence-corrected chi connectivity index (χ3v) is 2.97. The zero-order valence-electron chi connectivity index (χ0n) is 10.3. The SMILES string of the molecule is C=CCC(C)C=Cc1cccc2ccccc12. The van der Waals surface area contributed by atoms with E-state index in [1.807, 2.05) is 6.08 Å². The second kappa shape index (κ2) is 5.49. The van der Waals surface area contributed by atoms with Crippen molar-refractivity contribution in [1.29, 1.82) is 0 Å². The minimum atomic E-state index is 0.548. The highest BCUT2D eigenvalue weighted by Crippen LogP contribution is 2.20. The number of hydrogen-bond acceptors (Lipinski definition) is 0. The molecule has 2 aromatic carbocycles. The van der Waals surface area contributed by atoms with Crippen molar-refractivity contribution >= 4 is 16.8 Å². The van der Waals surface area contributed by atoms with Crippen molar-refractivity contribution in [3.05, 3.63) is 66.8 Å². The Morgan fingerprint density at radius 2 is 1.88 bits per heavy atom. The van der Waals surface area contributed by atoms with Crippen LogP contribution in [-0.4, -0.2) is 0 Å². The molecule has 1 unspecified atom stereocenters.